The van der Waals surface area contributed by atoms with E-state index < -0.39 is 83.3 Å². The minimum absolute atomic E-state index is 0.130. The van der Waals surface area contributed by atoms with Gasteiger partial charge >= 0.3 is 15.9 Å². The van der Waals surface area contributed by atoms with E-state index >= 15 is 0 Å². The molecule has 0 bridgehead atoms. The van der Waals surface area contributed by atoms with Gasteiger partial charge in [0.2, 0.25) is 5.95 Å². The van der Waals surface area contributed by atoms with Crippen LogP contribution >= 0.6 is 15.9 Å². The maximum absolute atomic E-state index is 13.7. The summed E-state index contributed by atoms with van der Waals surface area (Å²) in [4.78, 5) is 50.8. The standard InChI is InChI=1S/C21H25N9O12P2/c22-16-10-7(1-2-24-16)29(5-25-10)19-14(33)12(31)9(41-19)4-40-44(37,38)15-13(32)8(3-39-43(35)36)42-20(15)30-6-26-11-17(30)27-21(23)28-18(11)34/h1-2,5-6,8-9,12-15,19-20,31-33H,3-4H2,(H6-,22,23,24,27,28,34,35,36,37,38)/p+1/t8-,9-,12-,13-,14-,15-,19-,20-/m1/s1. The summed E-state index contributed by atoms with van der Waals surface area (Å²) in [7, 11) is -8.09. The fourth-order valence-electron chi connectivity index (χ4n) is 5.27. The summed E-state index contributed by atoms with van der Waals surface area (Å²) in [6.07, 6.45) is -6.65. The highest BCUT2D eigenvalue weighted by molar-refractivity contribution is 7.53. The molecule has 0 aliphatic carbocycles. The highest BCUT2D eigenvalue weighted by Crippen LogP contribution is 2.57. The number of ether oxygens (including phenoxy) is 2. The molecule has 0 amide bonds. The Hall–Kier alpha value is -3.46. The van der Waals surface area contributed by atoms with Crippen LogP contribution in [0.25, 0.3) is 22.2 Å². The molecule has 10 atom stereocenters. The molecule has 6 heterocycles. The van der Waals surface area contributed by atoms with E-state index in [0.29, 0.717) is 11.0 Å². The normalized spacial score (nSPS) is 30.7. The Morgan fingerprint density at radius 2 is 1.68 bits per heavy atom. The van der Waals surface area contributed by atoms with E-state index in [2.05, 4.69) is 29.4 Å². The molecule has 236 valence electrons. The van der Waals surface area contributed by atoms with Crippen LogP contribution in [-0.4, -0.2) is 109 Å². The minimum Gasteiger partial charge on any atom is -0.389 e. The predicted molar refractivity (Wildman–Crippen MR) is 146 cm³/mol. The number of aromatic amines is 1. The van der Waals surface area contributed by atoms with Crippen LogP contribution < -0.4 is 17.0 Å². The number of aromatic nitrogens is 7. The number of nitrogens with one attached hydrogen (secondary N) is 1. The predicted octanol–water partition coefficient (Wildman–Crippen LogP) is -2.16. The van der Waals surface area contributed by atoms with Crippen LogP contribution in [-0.2, 0) is 27.7 Å². The van der Waals surface area contributed by atoms with Crippen molar-refractivity contribution in [3.63, 3.8) is 0 Å². The fourth-order valence-corrected chi connectivity index (χ4v) is 7.19. The Bertz CT molecular complexity index is 1830. The van der Waals surface area contributed by atoms with Crippen molar-refractivity contribution < 1.29 is 52.8 Å². The van der Waals surface area contributed by atoms with E-state index in [1.54, 1.807) is 6.07 Å². The van der Waals surface area contributed by atoms with Crippen molar-refractivity contribution in [3.05, 3.63) is 35.3 Å². The number of nitrogens with zero attached hydrogens (tertiary/aromatic N) is 6. The minimum atomic E-state index is -4.98. The number of pyridine rings is 1. The van der Waals surface area contributed by atoms with Crippen molar-refractivity contribution in [1.82, 2.24) is 34.1 Å². The third kappa shape index (κ3) is 5.27. The molecule has 6 rings (SSSR count). The van der Waals surface area contributed by atoms with Gasteiger partial charge in [0, 0.05) is 10.8 Å². The van der Waals surface area contributed by atoms with Crippen LogP contribution in [0.3, 0.4) is 0 Å². The Kier molecular flexibility index (Phi) is 7.97. The lowest BCUT2D eigenvalue weighted by Gasteiger charge is -2.27. The third-order valence-corrected chi connectivity index (χ3v) is 9.55. The molecule has 44 heavy (non-hydrogen) atoms. The number of nitrogen functional groups attached to an aromatic ring is 2. The second kappa shape index (κ2) is 11.5. The van der Waals surface area contributed by atoms with Gasteiger partial charge in [-0.2, -0.15) is 4.98 Å². The molecule has 2 saturated heterocycles. The number of nitrogens with two attached hydrogens (primary N) is 2. The molecule has 23 heteroatoms. The fraction of sp³-hybridized carbons (Fsp3) is 0.476. The van der Waals surface area contributed by atoms with E-state index in [0.717, 1.165) is 10.9 Å². The molecule has 0 spiro atoms. The molecule has 21 nitrogen and oxygen atoms in total. The number of fused-ring (bicyclic) bond motifs is 2. The summed E-state index contributed by atoms with van der Waals surface area (Å²) < 4.78 is 48.8. The Morgan fingerprint density at radius 1 is 1.00 bits per heavy atom. The monoisotopic (exact) mass is 658 g/mol. The lowest BCUT2D eigenvalue weighted by Crippen LogP contribution is -2.36. The van der Waals surface area contributed by atoms with Gasteiger partial charge in [0.25, 0.3) is 5.56 Å². The zero-order valence-electron chi connectivity index (χ0n) is 22.2. The first-order valence-electron chi connectivity index (χ1n) is 12.8. The lowest BCUT2D eigenvalue weighted by atomic mass is 10.1. The maximum Gasteiger partial charge on any atom is 0.694 e. The molecule has 2 unspecified atom stereocenters. The van der Waals surface area contributed by atoms with Crippen LogP contribution in [0.4, 0.5) is 11.8 Å². The van der Waals surface area contributed by atoms with Crippen molar-refractivity contribution in [2.75, 3.05) is 24.7 Å². The molecular weight excluding hydrogens is 632 g/mol. The number of hydrogen-bond acceptors (Lipinski definition) is 16. The van der Waals surface area contributed by atoms with Gasteiger partial charge in [-0.1, -0.05) is 0 Å². The van der Waals surface area contributed by atoms with Crippen molar-refractivity contribution in [1.29, 1.82) is 0 Å². The second-order valence-corrected chi connectivity index (χ2v) is 12.7. The zero-order chi connectivity index (χ0) is 31.5. The quantitative estimate of drug-likeness (QED) is 0.0888. The van der Waals surface area contributed by atoms with E-state index in [-0.39, 0.29) is 22.9 Å². The molecule has 2 aliphatic heterocycles. The van der Waals surface area contributed by atoms with E-state index in [4.69, 9.17) is 30.4 Å². The Morgan fingerprint density at radius 3 is 2.43 bits per heavy atom. The van der Waals surface area contributed by atoms with Crippen molar-refractivity contribution in [2.24, 2.45) is 0 Å². The zero-order valence-corrected chi connectivity index (χ0v) is 24.0. The van der Waals surface area contributed by atoms with Gasteiger partial charge < -0.3 is 50.2 Å². The van der Waals surface area contributed by atoms with Gasteiger partial charge in [-0.25, -0.2) is 15.0 Å². The second-order valence-electron chi connectivity index (χ2n) is 9.98. The number of H-pyrrole nitrogens is 1. The van der Waals surface area contributed by atoms with Gasteiger partial charge in [0.1, 0.15) is 48.3 Å². The third-order valence-electron chi connectivity index (χ3n) is 7.34. The summed E-state index contributed by atoms with van der Waals surface area (Å²) in [5, 5.41) is 32.5. The molecule has 2 aliphatic rings. The first-order valence-corrected chi connectivity index (χ1v) is 15.6. The van der Waals surface area contributed by atoms with Crippen LogP contribution in [0.1, 0.15) is 12.5 Å². The molecule has 0 saturated carbocycles. The molecule has 2 fully saturated rings. The van der Waals surface area contributed by atoms with Gasteiger partial charge in [-0.3, -0.25) is 18.9 Å². The summed E-state index contributed by atoms with van der Waals surface area (Å²) in [5.41, 5.74) is 9.38. The largest absolute Gasteiger partial charge is 0.694 e. The maximum atomic E-state index is 13.7. The Balaban J connectivity index is 1.26. The number of hydrogen-bond donors (Lipinski definition) is 8. The van der Waals surface area contributed by atoms with Crippen LogP contribution in [0.15, 0.2) is 29.7 Å². The summed E-state index contributed by atoms with van der Waals surface area (Å²) in [6, 6.07) is 1.57. The molecule has 4 aromatic heterocycles. The van der Waals surface area contributed by atoms with Gasteiger partial charge in [0.05, 0.1) is 24.8 Å². The molecule has 10 N–H and O–H groups in total. The number of anilines is 2. The SMILES string of the molecule is Nc1nc2c(ncn2[C@@H]2O[C@H](CO[P+](=O)O)[C@@H](O)[C@H]2P(=O)(O)OC[C@H]2O[C@@H](n3cnc4c(N)nccc43)[C@H](O)[C@@H]2O)c(=O)[nH]1. The topological polar surface area (TPSA) is 319 Å². The van der Waals surface area contributed by atoms with Gasteiger partial charge in [0.15, 0.2) is 29.4 Å². The number of aliphatic hydroxyl groups excluding tert-OH is 3. The number of imidazole rings is 2. The molecule has 4 aromatic rings. The average Bonchev–Trinajstić information content (AvgIpc) is 3.72. The molecule has 0 aromatic carbocycles. The molecule has 0 radical (unpaired) electrons. The van der Waals surface area contributed by atoms with Gasteiger partial charge in [-0.05, 0) is 6.07 Å². The van der Waals surface area contributed by atoms with E-state index in [1.807, 2.05) is 0 Å². The Labute approximate surface area is 245 Å². The highest BCUT2D eigenvalue weighted by Gasteiger charge is 2.56. The summed E-state index contributed by atoms with van der Waals surface area (Å²) in [6.45, 7) is -1.41. The van der Waals surface area contributed by atoms with E-state index in [9.17, 15) is 34.1 Å². The average molecular weight is 658 g/mol. The van der Waals surface area contributed by atoms with Crippen molar-refractivity contribution in [2.45, 2.75) is 48.6 Å². The lowest BCUT2D eigenvalue weighted by molar-refractivity contribution is -0.0492. The molecular formula is C21H26N9O12P2+. The smallest absolute Gasteiger partial charge is 0.389 e. The van der Waals surface area contributed by atoms with Crippen LogP contribution in [0, 0.1) is 0 Å². The van der Waals surface area contributed by atoms with Gasteiger partial charge in [-0.15, -0.1) is 9.42 Å². The summed E-state index contributed by atoms with van der Waals surface area (Å²) >= 11 is 0. The summed E-state index contributed by atoms with van der Waals surface area (Å²) in [5.74, 6) is -0.171. The van der Waals surface area contributed by atoms with Crippen LogP contribution in [0.5, 0.6) is 0 Å². The van der Waals surface area contributed by atoms with E-state index in [1.165, 1.54) is 17.1 Å². The first kappa shape index (κ1) is 30.6. The first-order chi connectivity index (χ1) is 20.9. The number of rotatable bonds is 9. The van der Waals surface area contributed by atoms with Crippen molar-refractivity contribution in [3.8, 4) is 0 Å². The highest BCUT2D eigenvalue weighted by atomic mass is 31.2. The van der Waals surface area contributed by atoms with Crippen molar-refractivity contribution >= 4 is 49.8 Å². The number of aliphatic hydroxyl groups is 3. The van der Waals surface area contributed by atoms with Crippen LogP contribution in [0.2, 0.25) is 0 Å².